The quantitative estimate of drug-likeness (QED) is 0.807. The fourth-order valence-corrected chi connectivity index (χ4v) is 4.14. The second-order valence-electron chi connectivity index (χ2n) is 5.94. The Morgan fingerprint density at radius 2 is 1.96 bits per heavy atom. The standard InChI is InChI=1S/C15H23FN2O3S.ClH/c1-11-7-13(8-12(2)14(11)16)22(19,20)18-9-15(10-21-3)5-4-6-17-15;/h7-8,17-18H,4-6,9-10H2,1-3H3;1H. The summed E-state index contributed by atoms with van der Waals surface area (Å²) in [5.74, 6) is -0.368. The number of benzene rings is 1. The van der Waals surface area contributed by atoms with Crippen LogP contribution in [0.25, 0.3) is 0 Å². The maximum absolute atomic E-state index is 13.7. The van der Waals surface area contributed by atoms with Crippen LogP contribution in [0.4, 0.5) is 4.39 Å². The highest BCUT2D eigenvalue weighted by molar-refractivity contribution is 7.89. The van der Waals surface area contributed by atoms with Crippen molar-refractivity contribution in [2.45, 2.75) is 37.1 Å². The van der Waals surface area contributed by atoms with Crippen molar-refractivity contribution in [1.29, 1.82) is 0 Å². The van der Waals surface area contributed by atoms with E-state index in [1.165, 1.54) is 12.1 Å². The SMILES string of the molecule is COCC1(CNS(=O)(=O)c2cc(C)c(F)c(C)c2)CCCN1.Cl. The lowest BCUT2D eigenvalue weighted by molar-refractivity contribution is 0.122. The second-order valence-corrected chi connectivity index (χ2v) is 7.71. The van der Waals surface area contributed by atoms with Gasteiger partial charge in [-0.1, -0.05) is 0 Å². The summed E-state index contributed by atoms with van der Waals surface area (Å²) in [7, 11) is -2.08. The van der Waals surface area contributed by atoms with E-state index < -0.39 is 10.0 Å². The highest BCUT2D eigenvalue weighted by atomic mass is 35.5. The van der Waals surface area contributed by atoms with Gasteiger partial charge in [0.2, 0.25) is 10.0 Å². The first-order chi connectivity index (χ1) is 10.3. The summed E-state index contributed by atoms with van der Waals surface area (Å²) < 4.78 is 46.4. The lowest BCUT2D eigenvalue weighted by Crippen LogP contribution is -2.52. The smallest absolute Gasteiger partial charge is 0.240 e. The molecular formula is C15H24ClFN2O3S. The molecule has 0 amide bonds. The summed E-state index contributed by atoms with van der Waals surface area (Å²) in [5, 5.41) is 3.32. The fourth-order valence-electron chi connectivity index (χ4n) is 2.85. The lowest BCUT2D eigenvalue weighted by atomic mass is 9.99. The predicted octanol–water partition coefficient (Wildman–Crippen LogP) is 1.91. The molecule has 0 aromatic heterocycles. The van der Waals surface area contributed by atoms with Crippen LogP contribution in [0.2, 0.25) is 0 Å². The molecule has 0 radical (unpaired) electrons. The number of sulfonamides is 1. The molecule has 1 aliphatic heterocycles. The van der Waals surface area contributed by atoms with Crippen LogP contribution in [-0.2, 0) is 14.8 Å². The van der Waals surface area contributed by atoms with Gasteiger partial charge in [0, 0.05) is 13.7 Å². The van der Waals surface area contributed by atoms with Crippen LogP contribution in [0.5, 0.6) is 0 Å². The summed E-state index contributed by atoms with van der Waals surface area (Å²) in [6.45, 7) is 4.66. The van der Waals surface area contributed by atoms with Gasteiger partial charge in [-0.25, -0.2) is 17.5 Å². The van der Waals surface area contributed by atoms with Crippen molar-refractivity contribution >= 4 is 22.4 Å². The molecule has 1 aromatic rings. The number of halogens is 2. The molecule has 1 fully saturated rings. The van der Waals surface area contributed by atoms with E-state index in [2.05, 4.69) is 10.0 Å². The van der Waals surface area contributed by atoms with E-state index in [9.17, 15) is 12.8 Å². The molecule has 2 rings (SSSR count). The normalized spacial score (nSPS) is 21.2. The van der Waals surface area contributed by atoms with Gasteiger partial charge in [0.15, 0.2) is 0 Å². The average Bonchev–Trinajstić information content (AvgIpc) is 2.92. The summed E-state index contributed by atoms with van der Waals surface area (Å²) >= 11 is 0. The zero-order chi connectivity index (χ0) is 16.4. The molecule has 5 nitrogen and oxygen atoms in total. The predicted molar refractivity (Wildman–Crippen MR) is 90.2 cm³/mol. The van der Waals surface area contributed by atoms with Crippen LogP contribution in [-0.4, -0.2) is 40.8 Å². The van der Waals surface area contributed by atoms with Crippen LogP contribution < -0.4 is 10.0 Å². The minimum absolute atomic E-state index is 0. The van der Waals surface area contributed by atoms with Crippen LogP contribution in [0.15, 0.2) is 17.0 Å². The van der Waals surface area contributed by atoms with Crippen LogP contribution in [0, 0.1) is 19.7 Å². The first-order valence-electron chi connectivity index (χ1n) is 7.30. The Labute approximate surface area is 143 Å². The topological polar surface area (TPSA) is 67.4 Å². The van der Waals surface area contributed by atoms with E-state index in [1.54, 1.807) is 21.0 Å². The molecule has 1 unspecified atom stereocenters. The van der Waals surface area contributed by atoms with E-state index in [0.29, 0.717) is 17.7 Å². The van der Waals surface area contributed by atoms with Gasteiger partial charge in [-0.15, -0.1) is 12.4 Å². The van der Waals surface area contributed by atoms with Crippen LogP contribution in [0.3, 0.4) is 0 Å². The van der Waals surface area contributed by atoms with E-state index in [0.717, 1.165) is 19.4 Å². The first kappa shape index (κ1) is 20.3. The number of aryl methyl sites for hydroxylation is 2. The van der Waals surface area contributed by atoms with Gasteiger partial charge < -0.3 is 10.1 Å². The molecule has 1 atom stereocenters. The molecule has 2 N–H and O–H groups in total. The van der Waals surface area contributed by atoms with Crippen molar-refractivity contribution < 1.29 is 17.5 Å². The van der Waals surface area contributed by atoms with Crippen molar-refractivity contribution in [3.8, 4) is 0 Å². The maximum atomic E-state index is 13.7. The summed E-state index contributed by atoms with van der Waals surface area (Å²) in [6.07, 6.45) is 1.84. The van der Waals surface area contributed by atoms with E-state index in [-0.39, 0.29) is 35.2 Å². The molecule has 1 aliphatic rings. The number of ether oxygens (including phenoxy) is 1. The summed E-state index contributed by atoms with van der Waals surface area (Å²) in [4.78, 5) is 0.0921. The minimum atomic E-state index is -3.68. The van der Waals surface area contributed by atoms with Gasteiger partial charge in [-0.3, -0.25) is 0 Å². The van der Waals surface area contributed by atoms with Crippen molar-refractivity contribution in [2.75, 3.05) is 26.8 Å². The second kappa shape index (κ2) is 7.90. The Morgan fingerprint density at radius 1 is 1.35 bits per heavy atom. The maximum Gasteiger partial charge on any atom is 0.240 e. The van der Waals surface area contributed by atoms with Gasteiger partial charge in [0.1, 0.15) is 5.82 Å². The minimum Gasteiger partial charge on any atom is -0.383 e. The Hall–Kier alpha value is -0.730. The molecule has 1 heterocycles. The number of hydrogen-bond acceptors (Lipinski definition) is 4. The molecule has 0 bridgehead atoms. The Bertz CT molecular complexity index is 623. The van der Waals surface area contributed by atoms with Crippen molar-refractivity contribution in [3.05, 3.63) is 29.1 Å². The molecule has 8 heteroatoms. The highest BCUT2D eigenvalue weighted by Gasteiger charge is 2.34. The fraction of sp³-hybridized carbons (Fsp3) is 0.600. The van der Waals surface area contributed by atoms with Crippen molar-refractivity contribution in [1.82, 2.24) is 10.0 Å². The molecule has 23 heavy (non-hydrogen) atoms. The van der Waals surface area contributed by atoms with Gasteiger partial charge in [0.05, 0.1) is 17.0 Å². The molecule has 1 aromatic carbocycles. The summed E-state index contributed by atoms with van der Waals surface area (Å²) in [6, 6.07) is 2.71. The summed E-state index contributed by atoms with van der Waals surface area (Å²) in [5.41, 5.74) is 0.281. The monoisotopic (exact) mass is 366 g/mol. The number of methoxy groups -OCH3 is 1. The van der Waals surface area contributed by atoms with Gasteiger partial charge in [0.25, 0.3) is 0 Å². The van der Waals surface area contributed by atoms with E-state index >= 15 is 0 Å². The van der Waals surface area contributed by atoms with Gasteiger partial charge in [-0.05, 0) is 56.5 Å². The molecule has 0 spiro atoms. The number of hydrogen-bond donors (Lipinski definition) is 2. The molecule has 132 valence electrons. The van der Waals surface area contributed by atoms with Gasteiger partial charge in [-0.2, -0.15) is 0 Å². The van der Waals surface area contributed by atoms with Crippen LogP contribution >= 0.6 is 12.4 Å². The molecule has 1 saturated heterocycles. The number of nitrogens with one attached hydrogen (secondary N) is 2. The third-order valence-corrected chi connectivity index (χ3v) is 5.45. The molecule has 0 saturated carbocycles. The van der Waals surface area contributed by atoms with Crippen LogP contribution in [0.1, 0.15) is 24.0 Å². The average molecular weight is 367 g/mol. The zero-order valence-electron chi connectivity index (χ0n) is 13.6. The molecule has 0 aliphatic carbocycles. The van der Waals surface area contributed by atoms with Crippen molar-refractivity contribution in [3.63, 3.8) is 0 Å². The largest absolute Gasteiger partial charge is 0.383 e. The third-order valence-electron chi connectivity index (χ3n) is 4.07. The first-order valence-corrected chi connectivity index (χ1v) is 8.78. The van der Waals surface area contributed by atoms with Crippen molar-refractivity contribution in [2.24, 2.45) is 0 Å². The van der Waals surface area contributed by atoms with E-state index in [1.807, 2.05) is 0 Å². The number of rotatable bonds is 6. The van der Waals surface area contributed by atoms with E-state index in [4.69, 9.17) is 4.74 Å². The highest BCUT2D eigenvalue weighted by Crippen LogP contribution is 2.21. The molecular weight excluding hydrogens is 343 g/mol. The third kappa shape index (κ3) is 4.64. The lowest BCUT2D eigenvalue weighted by Gasteiger charge is -2.28. The van der Waals surface area contributed by atoms with Gasteiger partial charge >= 0.3 is 0 Å². The zero-order valence-corrected chi connectivity index (χ0v) is 15.2. The Morgan fingerprint density at radius 3 is 2.43 bits per heavy atom. The Kier molecular flexibility index (Phi) is 6.97. The Balaban J connectivity index is 0.00000264.